The molecule has 2 aliphatic rings. The van der Waals surface area contributed by atoms with Crippen LogP contribution in [0.2, 0.25) is 0 Å². The second-order valence-electron chi connectivity index (χ2n) is 9.01. The predicted octanol–water partition coefficient (Wildman–Crippen LogP) is 1.41. The highest BCUT2D eigenvalue weighted by Gasteiger charge is 2.42. The van der Waals surface area contributed by atoms with Crippen molar-refractivity contribution in [1.82, 2.24) is 25.5 Å². The molecule has 1 saturated carbocycles. The van der Waals surface area contributed by atoms with E-state index in [0.717, 1.165) is 12.1 Å². The van der Waals surface area contributed by atoms with E-state index < -0.39 is 36.0 Å². The number of hydrogen-bond acceptors (Lipinski definition) is 7. The van der Waals surface area contributed by atoms with Crippen molar-refractivity contribution in [3.63, 3.8) is 0 Å². The van der Waals surface area contributed by atoms with Crippen LogP contribution in [-0.4, -0.2) is 63.5 Å². The lowest BCUT2D eigenvalue weighted by molar-refractivity contribution is -0.252. The fourth-order valence-corrected chi connectivity index (χ4v) is 4.97. The van der Waals surface area contributed by atoms with Gasteiger partial charge in [0.2, 0.25) is 11.8 Å². The molecule has 0 spiro atoms. The van der Waals surface area contributed by atoms with Gasteiger partial charge in [0.15, 0.2) is 0 Å². The van der Waals surface area contributed by atoms with Gasteiger partial charge >= 0.3 is 6.18 Å². The number of rotatable bonds is 6. The summed E-state index contributed by atoms with van der Waals surface area (Å²) in [6, 6.07) is 1.22. The van der Waals surface area contributed by atoms with E-state index in [1.165, 1.54) is 12.4 Å². The van der Waals surface area contributed by atoms with E-state index in [9.17, 15) is 32.7 Å². The quantitative estimate of drug-likeness (QED) is 0.537. The van der Waals surface area contributed by atoms with Crippen LogP contribution in [0.3, 0.4) is 0 Å². The molecular weight excluding hydrogens is 481 g/mol. The van der Waals surface area contributed by atoms with Crippen molar-refractivity contribution in [3.8, 4) is 0 Å². The molecule has 10 nitrogen and oxygen atoms in total. The van der Waals surface area contributed by atoms with E-state index in [2.05, 4.69) is 25.9 Å². The number of nitrogens with zero attached hydrogens (tertiary/aromatic N) is 3. The number of carbonyl (C=O) groups excluding carboxylic acids is 3. The maximum absolute atomic E-state index is 13.3. The van der Waals surface area contributed by atoms with Gasteiger partial charge in [-0.3, -0.25) is 9.59 Å². The predicted molar refractivity (Wildman–Crippen MR) is 120 cm³/mol. The number of hydrogen-bond donors (Lipinski definition) is 3. The van der Waals surface area contributed by atoms with Gasteiger partial charge in [0.05, 0.1) is 23.2 Å². The van der Waals surface area contributed by atoms with Crippen molar-refractivity contribution in [3.05, 3.63) is 30.1 Å². The molecule has 4 atom stereocenters. The molecule has 2 aromatic rings. The van der Waals surface area contributed by atoms with E-state index >= 15 is 0 Å². The number of nitrogens with one attached hydrogen (secondary N) is 3. The van der Waals surface area contributed by atoms with Crippen molar-refractivity contribution < 1.29 is 32.7 Å². The number of anilines is 1. The Balaban J connectivity index is 1.52. The summed E-state index contributed by atoms with van der Waals surface area (Å²) in [5, 5.41) is 19.4. The number of carboxylic acid groups (broad SMARTS) is 1. The summed E-state index contributed by atoms with van der Waals surface area (Å²) in [6.07, 6.45) is -2.86. The Morgan fingerprint density at radius 3 is 2.64 bits per heavy atom. The van der Waals surface area contributed by atoms with Crippen LogP contribution in [-0.2, 0) is 15.8 Å². The second kappa shape index (κ2) is 10.2. The fourth-order valence-electron chi connectivity index (χ4n) is 4.97. The Morgan fingerprint density at radius 1 is 1.17 bits per heavy atom. The van der Waals surface area contributed by atoms with Crippen LogP contribution >= 0.6 is 0 Å². The van der Waals surface area contributed by atoms with Gasteiger partial charge in [-0.2, -0.15) is 13.2 Å². The highest BCUT2D eigenvalue weighted by molar-refractivity contribution is 5.93. The summed E-state index contributed by atoms with van der Waals surface area (Å²) in [5.74, 6) is -0.349. The summed E-state index contributed by atoms with van der Waals surface area (Å²) in [5.41, 5.74) is -0.535. The third-order valence-electron chi connectivity index (χ3n) is 6.72. The summed E-state index contributed by atoms with van der Waals surface area (Å²) < 4.78 is 39.7. The van der Waals surface area contributed by atoms with Crippen molar-refractivity contribution in [1.29, 1.82) is 0 Å². The fraction of sp³-hybridized carbons (Fsp3) is 0.522. The molecule has 1 aromatic carbocycles. The number of carbonyl (C=O) groups is 3. The average Bonchev–Trinajstić information content (AvgIpc) is 3.18. The average molecular weight is 507 g/mol. The monoisotopic (exact) mass is 507 g/mol. The summed E-state index contributed by atoms with van der Waals surface area (Å²) in [4.78, 5) is 46.2. The molecule has 1 aromatic heterocycles. The Kier molecular flexibility index (Phi) is 7.18. The number of likely N-dealkylation sites (tertiary alicyclic amines) is 1. The van der Waals surface area contributed by atoms with Crippen LogP contribution in [0.25, 0.3) is 10.9 Å². The standard InChI is InChI=1S/C23H27F3N6O4/c1-2-19(33)30-17-10-13(29-22(35)36)4-6-18(17)32-8-7-16(21(32)34)31-20-14-9-12(23(24,25)26)3-5-15(14)27-11-28-20/h3,5,9,11,13,16-18,29H,2,4,6-8,10H2,1H3,(H,30,33)(H,35,36)(H,27,28,31)/p-1/t13-,16+,17-,18+/m1/s1. The number of halogens is 3. The van der Waals surface area contributed by atoms with Gasteiger partial charge in [0, 0.05) is 24.4 Å². The summed E-state index contributed by atoms with van der Waals surface area (Å²) in [7, 11) is 0. The number of benzene rings is 1. The minimum Gasteiger partial charge on any atom is -0.530 e. The number of amides is 3. The zero-order valence-electron chi connectivity index (χ0n) is 19.5. The van der Waals surface area contributed by atoms with Crippen LogP contribution in [0.15, 0.2) is 24.5 Å². The number of alkyl halides is 3. The largest absolute Gasteiger partial charge is 0.530 e. The molecule has 0 bridgehead atoms. The van der Waals surface area contributed by atoms with Crippen molar-refractivity contribution >= 4 is 34.6 Å². The zero-order chi connectivity index (χ0) is 26.0. The molecule has 36 heavy (non-hydrogen) atoms. The smallest absolute Gasteiger partial charge is 0.416 e. The Labute approximate surface area is 204 Å². The molecule has 2 fully saturated rings. The minimum atomic E-state index is -4.54. The van der Waals surface area contributed by atoms with Crippen LogP contribution in [0.4, 0.5) is 23.8 Å². The van der Waals surface area contributed by atoms with Crippen LogP contribution in [0.1, 0.15) is 44.6 Å². The first kappa shape index (κ1) is 25.5. The first-order chi connectivity index (χ1) is 17.1. The van der Waals surface area contributed by atoms with Gasteiger partial charge in [-0.1, -0.05) is 6.92 Å². The Morgan fingerprint density at radius 2 is 1.94 bits per heavy atom. The number of aromatic nitrogens is 2. The van der Waals surface area contributed by atoms with Crippen LogP contribution < -0.4 is 21.1 Å². The van der Waals surface area contributed by atoms with Crippen LogP contribution in [0.5, 0.6) is 0 Å². The lowest BCUT2D eigenvalue weighted by Gasteiger charge is -2.41. The maximum Gasteiger partial charge on any atom is 0.416 e. The summed E-state index contributed by atoms with van der Waals surface area (Å²) >= 11 is 0. The molecular formula is C23H26F3N6O4-. The topological polar surface area (TPSA) is 139 Å². The zero-order valence-corrected chi connectivity index (χ0v) is 19.5. The molecule has 1 aliphatic carbocycles. The van der Waals surface area contributed by atoms with Crippen molar-refractivity contribution in [2.75, 3.05) is 11.9 Å². The van der Waals surface area contributed by atoms with Gasteiger partial charge in [-0.15, -0.1) is 0 Å². The molecule has 2 heterocycles. The molecule has 3 amide bonds. The van der Waals surface area contributed by atoms with Gasteiger partial charge in [-0.05, 0) is 43.9 Å². The normalized spacial score (nSPS) is 24.6. The number of fused-ring (bicyclic) bond motifs is 1. The van der Waals surface area contributed by atoms with Crippen LogP contribution in [0, 0.1) is 0 Å². The lowest BCUT2D eigenvalue weighted by Crippen LogP contribution is -2.59. The third-order valence-corrected chi connectivity index (χ3v) is 6.72. The highest BCUT2D eigenvalue weighted by atomic mass is 19.4. The van der Waals surface area contributed by atoms with E-state index in [1.54, 1.807) is 11.8 Å². The molecule has 0 unspecified atom stereocenters. The van der Waals surface area contributed by atoms with Gasteiger partial charge in [0.1, 0.15) is 24.3 Å². The molecule has 194 valence electrons. The second-order valence-corrected chi connectivity index (χ2v) is 9.01. The molecule has 13 heteroatoms. The first-order valence-electron chi connectivity index (χ1n) is 11.7. The van der Waals surface area contributed by atoms with E-state index in [0.29, 0.717) is 37.7 Å². The Bertz CT molecular complexity index is 1160. The van der Waals surface area contributed by atoms with E-state index in [1.807, 2.05) is 0 Å². The van der Waals surface area contributed by atoms with Gasteiger partial charge < -0.3 is 30.8 Å². The Hall–Kier alpha value is -3.64. The highest BCUT2D eigenvalue weighted by Crippen LogP contribution is 2.34. The van der Waals surface area contributed by atoms with Crippen molar-refractivity contribution in [2.24, 2.45) is 0 Å². The van der Waals surface area contributed by atoms with Gasteiger partial charge in [-0.25, -0.2) is 9.97 Å². The third kappa shape index (κ3) is 5.44. The molecule has 0 radical (unpaired) electrons. The minimum absolute atomic E-state index is 0.129. The van der Waals surface area contributed by atoms with E-state index in [-0.39, 0.29) is 35.5 Å². The lowest BCUT2D eigenvalue weighted by atomic mass is 9.85. The molecule has 1 aliphatic heterocycles. The first-order valence-corrected chi connectivity index (χ1v) is 11.7. The van der Waals surface area contributed by atoms with Crippen molar-refractivity contribution in [2.45, 2.75) is 69.4 Å². The summed E-state index contributed by atoms with van der Waals surface area (Å²) in [6.45, 7) is 2.07. The van der Waals surface area contributed by atoms with E-state index in [4.69, 9.17) is 0 Å². The molecule has 3 N–H and O–H groups in total. The van der Waals surface area contributed by atoms with Gasteiger partial charge in [0.25, 0.3) is 0 Å². The molecule has 1 saturated heterocycles. The SMILES string of the molecule is CCC(=O)N[C@@H]1C[C@H](NC(=O)[O-])CC[C@@H]1N1CC[C@H](Nc2ncnc3ccc(C(F)(F)F)cc23)C1=O. The molecule has 4 rings (SSSR count). The maximum atomic E-state index is 13.3.